The van der Waals surface area contributed by atoms with Crippen molar-refractivity contribution in [3.05, 3.63) is 0 Å². The fraction of sp³-hybridized carbons (Fsp3) is 0.933. The van der Waals surface area contributed by atoms with E-state index in [2.05, 4.69) is 25.7 Å². The Kier molecular flexibility index (Phi) is 9.02. The highest BCUT2D eigenvalue weighted by Crippen LogP contribution is 2.12. The van der Waals surface area contributed by atoms with Gasteiger partial charge in [0.15, 0.2) is 0 Å². The summed E-state index contributed by atoms with van der Waals surface area (Å²) in [6.45, 7) is 12.4. The van der Waals surface area contributed by atoms with Gasteiger partial charge in [-0.15, -0.1) is 0 Å². The van der Waals surface area contributed by atoms with Gasteiger partial charge in [0.05, 0.1) is 6.61 Å². The lowest BCUT2D eigenvalue weighted by atomic mass is 9.99. The summed E-state index contributed by atoms with van der Waals surface area (Å²) >= 11 is 0. The molecule has 0 aromatic rings. The maximum Gasteiger partial charge on any atom is 0.325 e. The molecular formula is C15H32N2O2. The van der Waals surface area contributed by atoms with E-state index >= 15 is 0 Å². The number of hydrogen-bond donors (Lipinski definition) is 1. The van der Waals surface area contributed by atoms with Gasteiger partial charge in [0.1, 0.15) is 5.54 Å². The molecule has 4 nitrogen and oxygen atoms in total. The average Bonchev–Trinajstić information content (AvgIpc) is 2.33. The van der Waals surface area contributed by atoms with Gasteiger partial charge >= 0.3 is 5.97 Å². The predicted octanol–water partition coefficient (Wildman–Crippen LogP) is 2.56. The number of ether oxygens (including phenoxy) is 1. The van der Waals surface area contributed by atoms with E-state index in [4.69, 9.17) is 10.5 Å². The van der Waals surface area contributed by atoms with E-state index in [-0.39, 0.29) is 5.97 Å². The topological polar surface area (TPSA) is 55.6 Å². The molecule has 1 atom stereocenters. The molecule has 0 aliphatic rings. The fourth-order valence-corrected chi connectivity index (χ4v) is 1.97. The van der Waals surface area contributed by atoms with Crippen molar-refractivity contribution in [1.29, 1.82) is 0 Å². The second-order valence-corrected chi connectivity index (χ2v) is 5.72. The third-order valence-corrected chi connectivity index (χ3v) is 3.44. The van der Waals surface area contributed by atoms with Crippen LogP contribution in [0.15, 0.2) is 0 Å². The molecule has 0 saturated carbocycles. The van der Waals surface area contributed by atoms with Crippen molar-refractivity contribution in [2.24, 2.45) is 5.73 Å². The van der Waals surface area contributed by atoms with Crippen molar-refractivity contribution in [2.75, 3.05) is 19.7 Å². The third kappa shape index (κ3) is 7.53. The number of carbonyl (C=O) groups is 1. The van der Waals surface area contributed by atoms with Crippen molar-refractivity contribution in [1.82, 2.24) is 4.90 Å². The highest BCUT2D eigenvalue weighted by Gasteiger charge is 2.30. The van der Waals surface area contributed by atoms with Gasteiger partial charge in [-0.05, 0) is 47.1 Å². The second-order valence-electron chi connectivity index (χ2n) is 5.72. The molecule has 0 aliphatic carbocycles. The Morgan fingerprint density at radius 2 is 1.89 bits per heavy atom. The molecule has 0 amide bonds. The van der Waals surface area contributed by atoms with Crippen LogP contribution in [-0.4, -0.2) is 42.1 Å². The number of esters is 1. The molecule has 4 heteroatoms. The van der Waals surface area contributed by atoms with E-state index in [0.29, 0.717) is 19.1 Å². The Morgan fingerprint density at radius 1 is 1.26 bits per heavy atom. The Morgan fingerprint density at radius 3 is 2.37 bits per heavy atom. The van der Waals surface area contributed by atoms with Gasteiger partial charge < -0.3 is 15.4 Å². The van der Waals surface area contributed by atoms with Crippen LogP contribution < -0.4 is 5.73 Å². The summed E-state index contributed by atoms with van der Waals surface area (Å²) in [5.41, 5.74) is 5.17. The van der Waals surface area contributed by atoms with Gasteiger partial charge in [-0.1, -0.05) is 19.8 Å². The van der Waals surface area contributed by atoms with E-state index in [9.17, 15) is 4.79 Å². The minimum absolute atomic E-state index is 0.299. The summed E-state index contributed by atoms with van der Waals surface area (Å²) in [5.74, 6) is -0.299. The molecule has 0 aliphatic heterocycles. The summed E-state index contributed by atoms with van der Waals surface area (Å²) in [6.07, 6.45) is 4.32. The van der Waals surface area contributed by atoms with Crippen LogP contribution in [0.5, 0.6) is 0 Å². The van der Waals surface area contributed by atoms with E-state index in [1.54, 1.807) is 13.8 Å². The molecule has 0 aromatic carbocycles. The number of unbranched alkanes of at least 4 members (excludes halogenated alkanes) is 2. The predicted molar refractivity (Wildman–Crippen MR) is 80.1 cm³/mol. The molecular weight excluding hydrogens is 240 g/mol. The van der Waals surface area contributed by atoms with Gasteiger partial charge in [-0.3, -0.25) is 4.79 Å². The van der Waals surface area contributed by atoms with Crippen molar-refractivity contribution in [3.63, 3.8) is 0 Å². The van der Waals surface area contributed by atoms with E-state index in [0.717, 1.165) is 13.1 Å². The van der Waals surface area contributed by atoms with Gasteiger partial charge in [-0.25, -0.2) is 0 Å². The molecule has 19 heavy (non-hydrogen) atoms. The van der Waals surface area contributed by atoms with Crippen LogP contribution in [-0.2, 0) is 9.53 Å². The SMILES string of the molecule is CCCCCN(CCC(C)(N)C(=O)OCC)C(C)C. The zero-order chi connectivity index (χ0) is 14.9. The van der Waals surface area contributed by atoms with Crippen LogP contribution in [0.2, 0.25) is 0 Å². The summed E-state index contributed by atoms with van der Waals surface area (Å²) in [4.78, 5) is 14.1. The Balaban J connectivity index is 4.25. The lowest BCUT2D eigenvalue weighted by Crippen LogP contribution is -2.49. The molecule has 0 bridgehead atoms. The highest BCUT2D eigenvalue weighted by atomic mass is 16.5. The first-order valence-electron chi connectivity index (χ1n) is 7.55. The summed E-state index contributed by atoms with van der Waals surface area (Å²) in [6, 6.07) is 0.481. The summed E-state index contributed by atoms with van der Waals surface area (Å²) < 4.78 is 5.02. The average molecular weight is 272 g/mol. The first kappa shape index (κ1) is 18.4. The van der Waals surface area contributed by atoms with Crippen LogP contribution in [0.3, 0.4) is 0 Å². The van der Waals surface area contributed by atoms with Crippen molar-refractivity contribution >= 4 is 5.97 Å². The van der Waals surface area contributed by atoms with Gasteiger partial charge in [0.2, 0.25) is 0 Å². The van der Waals surface area contributed by atoms with Gasteiger partial charge in [0.25, 0.3) is 0 Å². The van der Waals surface area contributed by atoms with E-state index in [1.807, 2.05) is 0 Å². The normalized spacial score (nSPS) is 14.7. The number of nitrogens with zero attached hydrogens (tertiary/aromatic N) is 1. The molecule has 0 rings (SSSR count). The monoisotopic (exact) mass is 272 g/mol. The molecule has 0 fully saturated rings. The van der Waals surface area contributed by atoms with Crippen LogP contribution >= 0.6 is 0 Å². The molecule has 0 radical (unpaired) electrons. The van der Waals surface area contributed by atoms with Gasteiger partial charge in [-0.2, -0.15) is 0 Å². The van der Waals surface area contributed by atoms with Crippen LogP contribution in [0, 0.1) is 0 Å². The third-order valence-electron chi connectivity index (χ3n) is 3.44. The fourth-order valence-electron chi connectivity index (χ4n) is 1.97. The number of nitrogens with two attached hydrogens (primary N) is 1. The molecule has 0 spiro atoms. The minimum atomic E-state index is -0.881. The molecule has 114 valence electrons. The Hall–Kier alpha value is -0.610. The molecule has 1 unspecified atom stereocenters. The Bertz CT molecular complexity index is 253. The standard InChI is InChI=1S/C15H32N2O2/c1-6-8-9-11-17(13(3)4)12-10-15(5,16)14(18)19-7-2/h13H,6-12,16H2,1-5H3. The highest BCUT2D eigenvalue weighted by molar-refractivity contribution is 5.79. The van der Waals surface area contributed by atoms with Gasteiger partial charge in [0, 0.05) is 12.6 Å². The van der Waals surface area contributed by atoms with Crippen molar-refractivity contribution in [3.8, 4) is 0 Å². The first-order valence-corrected chi connectivity index (χ1v) is 7.55. The zero-order valence-electron chi connectivity index (χ0n) is 13.4. The quantitative estimate of drug-likeness (QED) is 0.490. The van der Waals surface area contributed by atoms with Crippen LogP contribution in [0.4, 0.5) is 0 Å². The number of rotatable bonds is 10. The Labute approximate surface area is 118 Å². The molecule has 0 heterocycles. The van der Waals surface area contributed by atoms with Crippen molar-refractivity contribution in [2.45, 2.75) is 71.9 Å². The maximum atomic E-state index is 11.7. The second kappa shape index (κ2) is 9.32. The van der Waals surface area contributed by atoms with E-state index in [1.165, 1.54) is 19.3 Å². The number of carbonyl (C=O) groups excluding carboxylic acids is 1. The first-order chi connectivity index (χ1) is 8.85. The van der Waals surface area contributed by atoms with Crippen LogP contribution in [0.1, 0.15) is 60.3 Å². The number of hydrogen-bond acceptors (Lipinski definition) is 4. The summed E-state index contributed by atoms with van der Waals surface area (Å²) in [7, 11) is 0. The van der Waals surface area contributed by atoms with Crippen molar-refractivity contribution < 1.29 is 9.53 Å². The smallest absolute Gasteiger partial charge is 0.325 e. The molecule has 2 N–H and O–H groups in total. The largest absolute Gasteiger partial charge is 0.465 e. The summed E-state index contributed by atoms with van der Waals surface area (Å²) in [5, 5.41) is 0. The minimum Gasteiger partial charge on any atom is -0.465 e. The van der Waals surface area contributed by atoms with E-state index < -0.39 is 5.54 Å². The maximum absolute atomic E-state index is 11.7. The molecule has 0 aromatic heterocycles. The lowest BCUT2D eigenvalue weighted by molar-refractivity contribution is -0.149. The zero-order valence-corrected chi connectivity index (χ0v) is 13.4. The molecule has 0 saturated heterocycles. The van der Waals surface area contributed by atoms with Crippen LogP contribution in [0.25, 0.3) is 0 Å². The lowest BCUT2D eigenvalue weighted by Gasteiger charge is -2.30.